The van der Waals surface area contributed by atoms with Crippen LogP contribution in [0.15, 0.2) is 41.0 Å². The summed E-state index contributed by atoms with van der Waals surface area (Å²) in [5.74, 6) is 1.36. The summed E-state index contributed by atoms with van der Waals surface area (Å²) in [6, 6.07) is 11.2. The Balaban J connectivity index is 1.96. The van der Waals surface area contributed by atoms with Gasteiger partial charge in [0.25, 0.3) is 0 Å². The van der Waals surface area contributed by atoms with E-state index in [0.29, 0.717) is 24.5 Å². The summed E-state index contributed by atoms with van der Waals surface area (Å²) in [7, 11) is 1.54. The number of hydrogen-bond donors (Lipinski definition) is 0. The van der Waals surface area contributed by atoms with Gasteiger partial charge in [0.15, 0.2) is 0 Å². The van der Waals surface area contributed by atoms with Gasteiger partial charge in [-0.3, -0.25) is 0 Å². The highest BCUT2D eigenvalue weighted by atomic mass is 16.5. The number of hydrogen-bond acceptors (Lipinski definition) is 4. The van der Waals surface area contributed by atoms with Crippen LogP contribution in [-0.4, -0.2) is 7.11 Å². The Hall–Kier alpha value is -2.25. The van der Waals surface area contributed by atoms with Gasteiger partial charge in [-0.25, -0.2) is 0 Å². The van der Waals surface area contributed by atoms with Crippen LogP contribution >= 0.6 is 0 Å². The Kier molecular flexibility index (Phi) is 4.00. The SMILES string of the molecule is COc1ccc(COCc2ccco2)cc1C#N. The highest BCUT2D eigenvalue weighted by Crippen LogP contribution is 2.19. The predicted molar refractivity (Wildman–Crippen MR) is 64.9 cm³/mol. The maximum absolute atomic E-state index is 8.96. The van der Waals surface area contributed by atoms with E-state index >= 15 is 0 Å². The molecule has 0 N–H and O–H groups in total. The molecule has 2 aromatic rings. The van der Waals surface area contributed by atoms with Crippen molar-refractivity contribution in [2.45, 2.75) is 13.2 Å². The fourth-order valence-electron chi connectivity index (χ4n) is 1.60. The van der Waals surface area contributed by atoms with E-state index in [-0.39, 0.29) is 0 Å². The third kappa shape index (κ3) is 2.90. The number of benzene rings is 1. The molecule has 1 heterocycles. The molecule has 0 radical (unpaired) electrons. The minimum atomic E-state index is 0.418. The van der Waals surface area contributed by atoms with Crippen LogP contribution in [0.2, 0.25) is 0 Å². The molecule has 0 aliphatic carbocycles. The fraction of sp³-hybridized carbons (Fsp3) is 0.214. The first kappa shape index (κ1) is 12.2. The molecule has 92 valence electrons. The van der Waals surface area contributed by atoms with Crippen molar-refractivity contribution in [3.63, 3.8) is 0 Å². The summed E-state index contributed by atoms with van der Waals surface area (Å²) in [5.41, 5.74) is 1.44. The van der Waals surface area contributed by atoms with Crippen molar-refractivity contribution in [2.24, 2.45) is 0 Å². The molecule has 1 aromatic heterocycles. The van der Waals surface area contributed by atoms with Gasteiger partial charge >= 0.3 is 0 Å². The number of nitriles is 1. The molecule has 0 atom stereocenters. The molecule has 18 heavy (non-hydrogen) atoms. The number of furan rings is 1. The van der Waals surface area contributed by atoms with Gasteiger partial charge in [-0.2, -0.15) is 5.26 Å². The smallest absolute Gasteiger partial charge is 0.136 e. The van der Waals surface area contributed by atoms with Crippen LogP contribution in [0.25, 0.3) is 0 Å². The largest absolute Gasteiger partial charge is 0.495 e. The van der Waals surface area contributed by atoms with E-state index in [2.05, 4.69) is 6.07 Å². The minimum Gasteiger partial charge on any atom is -0.495 e. The fourth-order valence-corrected chi connectivity index (χ4v) is 1.60. The first-order valence-electron chi connectivity index (χ1n) is 5.50. The van der Waals surface area contributed by atoms with Gasteiger partial charge < -0.3 is 13.9 Å². The summed E-state index contributed by atoms with van der Waals surface area (Å²) in [6.45, 7) is 0.848. The molecule has 0 aliphatic heterocycles. The Bertz CT molecular complexity index is 541. The second-order valence-corrected chi connectivity index (χ2v) is 3.72. The van der Waals surface area contributed by atoms with Crippen molar-refractivity contribution >= 4 is 0 Å². The monoisotopic (exact) mass is 243 g/mol. The number of rotatable bonds is 5. The van der Waals surface area contributed by atoms with E-state index in [1.807, 2.05) is 18.2 Å². The van der Waals surface area contributed by atoms with Gasteiger partial charge in [0.1, 0.15) is 24.2 Å². The van der Waals surface area contributed by atoms with Crippen molar-refractivity contribution in [2.75, 3.05) is 7.11 Å². The Labute approximate surface area is 105 Å². The molecular weight excluding hydrogens is 230 g/mol. The molecule has 0 bridgehead atoms. The van der Waals surface area contributed by atoms with Crippen molar-refractivity contribution in [3.05, 3.63) is 53.5 Å². The van der Waals surface area contributed by atoms with E-state index in [1.165, 1.54) is 0 Å². The Morgan fingerprint density at radius 1 is 1.28 bits per heavy atom. The average Bonchev–Trinajstić information content (AvgIpc) is 2.91. The second kappa shape index (κ2) is 5.89. The number of nitrogens with zero attached hydrogens (tertiary/aromatic N) is 1. The number of methoxy groups -OCH3 is 1. The summed E-state index contributed by atoms with van der Waals surface area (Å²) >= 11 is 0. The van der Waals surface area contributed by atoms with Crippen LogP contribution in [0.1, 0.15) is 16.9 Å². The van der Waals surface area contributed by atoms with Gasteiger partial charge in [-0.15, -0.1) is 0 Å². The van der Waals surface area contributed by atoms with Crippen LogP contribution < -0.4 is 4.74 Å². The molecule has 4 nitrogen and oxygen atoms in total. The summed E-state index contributed by atoms with van der Waals surface area (Å²) in [6.07, 6.45) is 1.61. The lowest BCUT2D eigenvalue weighted by Crippen LogP contribution is -1.95. The third-order valence-electron chi connectivity index (χ3n) is 2.48. The lowest BCUT2D eigenvalue weighted by molar-refractivity contribution is 0.0929. The van der Waals surface area contributed by atoms with E-state index in [4.69, 9.17) is 19.2 Å². The molecular formula is C14H13NO3. The van der Waals surface area contributed by atoms with Crippen LogP contribution in [-0.2, 0) is 18.0 Å². The predicted octanol–water partition coefficient (Wildman–Crippen LogP) is 2.88. The highest BCUT2D eigenvalue weighted by Gasteiger charge is 2.04. The van der Waals surface area contributed by atoms with Gasteiger partial charge in [-0.05, 0) is 29.8 Å². The first-order valence-corrected chi connectivity index (χ1v) is 5.50. The van der Waals surface area contributed by atoms with Crippen LogP contribution in [0.3, 0.4) is 0 Å². The Morgan fingerprint density at radius 3 is 2.83 bits per heavy atom. The quantitative estimate of drug-likeness (QED) is 0.810. The van der Waals surface area contributed by atoms with E-state index < -0.39 is 0 Å². The average molecular weight is 243 g/mol. The van der Waals surface area contributed by atoms with E-state index in [1.54, 1.807) is 25.5 Å². The molecule has 1 aromatic carbocycles. The van der Waals surface area contributed by atoms with Crippen LogP contribution in [0.4, 0.5) is 0 Å². The molecule has 0 saturated carbocycles. The Morgan fingerprint density at radius 2 is 2.17 bits per heavy atom. The molecule has 0 spiro atoms. The van der Waals surface area contributed by atoms with Crippen molar-refractivity contribution in [1.29, 1.82) is 5.26 Å². The molecule has 2 rings (SSSR count). The lowest BCUT2D eigenvalue weighted by atomic mass is 10.1. The topological polar surface area (TPSA) is 55.4 Å². The van der Waals surface area contributed by atoms with E-state index in [9.17, 15) is 0 Å². The molecule has 0 saturated heterocycles. The van der Waals surface area contributed by atoms with Crippen molar-refractivity contribution in [3.8, 4) is 11.8 Å². The van der Waals surface area contributed by atoms with Crippen molar-refractivity contribution < 1.29 is 13.9 Å². The highest BCUT2D eigenvalue weighted by molar-refractivity contribution is 5.45. The van der Waals surface area contributed by atoms with E-state index in [0.717, 1.165) is 11.3 Å². The van der Waals surface area contributed by atoms with Gasteiger partial charge in [-0.1, -0.05) is 6.07 Å². The number of ether oxygens (including phenoxy) is 2. The maximum atomic E-state index is 8.96. The summed E-state index contributed by atoms with van der Waals surface area (Å²) in [5, 5.41) is 8.96. The van der Waals surface area contributed by atoms with Gasteiger partial charge in [0.05, 0.1) is 25.5 Å². The summed E-state index contributed by atoms with van der Waals surface area (Å²) in [4.78, 5) is 0. The normalized spacial score (nSPS) is 10.0. The molecule has 0 amide bonds. The third-order valence-corrected chi connectivity index (χ3v) is 2.48. The van der Waals surface area contributed by atoms with Crippen LogP contribution in [0, 0.1) is 11.3 Å². The maximum Gasteiger partial charge on any atom is 0.136 e. The lowest BCUT2D eigenvalue weighted by Gasteiger charge is -2.06. The first-order chi connectivity index (χ1) is 8.83. The van der Waals surface area contributed by atoms with Gasteiger partial charge in [0.2, 0.25) is 0 Å². The second-order valence-electron chi connectivity index (χ2n) is 3.72. The molecule has 0 fully saturated rings. The zero-order valence-corrected chi connectivity index (χ0v) is 10.1. The molecule has 0 aliphatic rings. The molecule has 0 unspecified atom stereocenters. The summed E-state index contributed by atoms with van der Waals surface area (Å²) < 4.78 is 15.7. The molecule has 4 heteroatoms. The zero-order chi connectivity index (χ0) is 12.8. The standard InChI is InChI=1S/C14H13NO3/c1-16-14-5-4-11(7-12(14)8-15)9-17-10-13-3-2-6-18-13/h2-7H,9-10H2,1H3. The zero-order valence-electron chi connectivity index (χ0n) is 10.1. The van der Waals surface area contributed by atoms with Crippen molar-refractivity contribution in [1.82, 2.24) is 0 Å². The minimum absolute atomic E-state index is 0.418. The van der Waals surface area contributed by atoms with Gasteiger partial charge in [0, 0.05) is 0 Å². The van der Waals surface area contributed by atoms with Crippen LogP contribution in [0.5, 0.6) is 5.75 Å².